The Labute approximate surface area is 134 Å². The van der Waals surface area contributed by atoms with Crippen LogP contribution in [0.4, 0.5) is 4.39 Å². The van der Waals surface area contributed by atoms with E-state index in [2.05, 4.69) is 4.98 Å². The van der Waals surface area contributed by atoms with Gasteiger partial charge < -0.3 is 9.88 Å². The van der Waals surface area contributed by atoms with Crippen LogP contribution in [0.25, 0.3) is 0 Å². The number of aromatic nitrogens is 1. The number of carbonyl (C=O) groups excluding carboxylic acids is 1. The number of likely N-dealkylation sites (tertiary alicyclic amines) is 1. The molecule has 23 heavy (non-hydrogen) atoms. The maximum absolute atomic E-state index is 13.3. The molecule has 2 heterocycles. The predicted octanol–water partition coefficient (Wildman–Crippen LogP) is 2.53. The lowest BCUT2D eigenvalue weighted by Crippen LogP contribution is -2.30. The fourth-order valence-electron chi connectivity index (χ4n) is 3.09. The second-order valence-electron chi connectivity index (χ2n) is 6.12. The van der Waals surface area contributed by atoms with E-state index in [1.54, 1.807) is 24.0 Å². The van der Waals surface area contributed by atoms with Crippen molar-refractivity contribution in [1.82, 2.24) is 9.88 Å². The topological polar surface area (TPSA) is 53.2 Å². The second-order valence-corrected chi connectivity index (χ2v) is 6.12. The summed E-state index contributed by atoms with van der Waals surface area (Å²) in [5.41, 5.74) is 1.80. The van der Waals surface area contributed by atoms with Crippen LogP contribution in [0, 0.1) is 18.7 Å². The number of pyridine rings is 1. The van der Waals surface area contributed by atoms with Gasteiger partial charge in [-0.15, -0.1) is 0 Å². The van der Waals surface area contributed by atoms with E-state index in [9.17, 15) is 14.0 Å². The highest BCUT2D eigenvalue weighted by Gasteiger charge is 2.27. The van der Waals surface area contributed by atoms with Gasteiger partial charge in [0, 0.05) is 19.2 Å². The summed E-state index contributed by atoms with van der Waals surface area (Å²) in [4.78, 5) is 28.1. The molecule has 1 amide bonds. The summed E-state index contributed by atoms with van der Waals surface area (Å²) in [5, 5.41) is 0. The second kappa shape index (κ2) is 6.36. The first-order valence-corrected chi connectivity index (χ1v) is 7.76. The third kappa shape index (κ3) is 3.50. The Morgan fingerprint density at radius 2 is 2.17 bits per heavy atom. The van der Waals surface area contributed by atoms with E-state index in [-0.39, 0.29) is 17.3 Å². The molecule has 1 saturated heterocycles. The summed E-state index contributed by atoms with van der Waals surface area (Å²) >= 11 is 0. The van der Waals surface area contributed by atoms with Crippen LogP contribution in [-0.4, -0.2) is 28.9 Å². The first-order chi connectivity index (χ1) is 11.0. The van der Waals surface area contributed by atoms with Crippen LogP contribution in [0.2, 0.25) is 0 Å². The molecule has 0 spiro atoms. The van der Waals surface area contributed by atoms with Gasteiger partial charge in [0.1, 0.15) is 11.5 Å². The fraction of sp³-hybridized carbons (Fsp3) is 0.333. The minimum atomic E-state index is -0.270. The number of H-pyrrole nitrogens is 1. The van der Waals surface area contributed by atoms with Gasteiger partial charge in [0.2, 0.25) is 5.56 Å². The molecular formula is C18H19FN2O2. The number of halogens is 1. The number of benzene rings is 1. The maximum Gasteiger partial charge on any atom is 0.270 e. The minimum Gasteiger partial charge on any atom is -0.337 e. The molecular weight excluding hydrogens is 295 g/mol. The third-order valence-corrected chi connectivity index (χ3v) is 4.32. The summed E-state index contributed by atoms with van der Waals surface area (Å²) in [5.74, 6) is 0.0322. The van der Waals surface area contributed by atoms with Gasteiger partial charge in [-0.1, -0.05) is 18.2 Å². The Bertz CT molecular complexity index is 785. The Hall–Kier alpha value is -2.43. The molecule has 0 aliphatic carbocycles. The van der Waals surface area contributed by atoms with E-state index in [1.165, 1.54) is 12.1 Å². The summed E-state index contributed by atoms with van der Waals surface area (Å²) in [6.07, 6.45) is 1.75. The molecule has 4 nitrogen and oxygen atoms in total. The van der Waals surface area contributed by atoms with Gasteiger partial charge in [-0.05, 0) is 48.9 Å². The van der Waals surface area contributed by atoms with Crippen LogP contribution in [0.1, 0.15) is 28.0 Å². The summed E-state index contributed by atoms with van der Waals surface area (Å²) in [7, 11) is 0. The first-order valence-electron chi connectivity index (χ1n) is 7.76. The first kappa shape index (κ1) is 15.5. The number of aryl methyl sites for hydroxylation is 1. The molecule has 120 valence electrons. The van der Waals surface area contributed by atoms with Gasteiger partial charge in [0.05, 0.1) is 0 Å². The number of carbonyl (C=O) groups is 1. The monoisotopic (exact) mass is 314 g/mol. The van der Waals surface area contributed by atoms with Crippen molar-refractivity contribution in [2.45, 2.75) is 19.8 Å². The summed E-state index contributed by atoms with van der Waals surface area (Å²) < 4.78 is 13.3. The number of nitrogens with zero attached hydrogens (tertiary/aromatic N) is 1. The molecule has 1 aliphatic rings. The number of aromatic amines is 1. The van der Waals surface area contributed by atoms with Gasteiger partial charge in [0.25, 0.3) is 5.91 Å². The molecule has 1 atom stereocenters. The smallest absolute Gasteiger partial charge is 0.270 e. The van der Waals surface area contributed by atoms with E-state index < -0.39 is 0 Å². The van der Waals surface area contributed by atoms with Crippen molar-refractivity contribution < 1.29 is 9.18 Å². The van der Waals surface area contributed by atoms with E-state index in [4.69, 9.17) is 0 Å². The normalized spacial score (nSPS) is 17.5. The Morgan fingerprint density at radius 1 is 1.35 bits per heavy atom. The molecule has 0 bridgehead atoms. The van der Waals surface area contributed by atoms with Crippen LogP contribution in [0.3, 0.4) is 0 Å². The van der Waals surface area contributed by atoms with E-state index in [1.807, 2.05) is 12.1 Å². The Balaban J connectivity index is 1.65. The molecule has 1 aromatic carbocycles. The quantitative estimate of drug-likeness (QED) is 0.946. The average molecular weight is 314 g/mol. The highest BCUT2D eigenvalue weighted by atomic mass is 19.1. The van der Waals surface area contributed by atoms with Crippen LogP contribution >= 0.6 is 0 Å². The lowest BCUT2D eigenvalue weighted by atomic mass is 9.97. The zero-order valence-corrected chi connectivity index (χ0v) is 13.0. The molecule has 5 heteroatoms. The van der Waals surface area contributed by atoms with Crippen molar-refractivity contribution in [2.24, 2.45) is 5.92 Å². The largest absolute Gasteiger partial charge is 0.337 e. The molecule has 1 N–H and O–H groups in total. The molecule has 1 unspecified atom stereocenters. The van der Waals surface area contributed by atoms with Crippen molar-refractivity contribution in [3.8, 4) is 0 Å². The zero-order valence-electron chi connectivity index (χ0n) is 13.0. The highest BCUT2D eigenvalue weighted by molar-refractivity contribution is 5.92. The lowest BCUT2D eigenvalue weighted by Gasteiger charge is -2.16. The molecule has 2 aromatic rings. The summed E-state index contributed by atoms with van der Waals surface area (Å²) in [6.45, 7) is 3.10. The fourth-order valence-corrected chi connectivity index (χ4v) is 3.09. The van der Waals surface area contributed by atoms with E-state index in [0.717, 1.165) is 18.4 Å². The van der Waals surface area contributed by atoms with Gasteiger partial charge in [-0.3, -0.25) is 9.59 Å². The third-order valence-electron chi connectivity index (χ3n) is 4.32. The standard InChI is InChI=1S/C18H19FN2O2/c1-12-9-13(5-6-15(12)19)10-14-7-8-21(11-14)18(23)16-3-2-4-17(22)20-16/h2-6,9,14H,7-8,10-11H2,1H3,(H,20,22). The zero-order chi connectivity index (χ0) is 16.4. The highest BCUT2D eigenvalue weighted by Crippen LogP contribution is 2.23. The maximum atomic E-state index is 13.3. The van der Waals surface area contributed by atoms with Crippen LogP contribution in [0.5, 0.6) is 0 Å². The molecule has 0 radical (unpaired) electrons. The van der Waals surface area contributed by atoms with Crippen molar-refractivity contribution in [3.63, 3.8) is 0 Å². The number of nitrogens with one attached hydrogen (secondary N) is 1. The van der Waals surface area contributed by atoms with Crippen molar-refractivity contribution in [3.05, 3.63) is 69.4 Å². The van der Waals surface area contributed by atoms with Gasteiger partial charge >= 0.3 is 0 Å². The number of rotatable bonds is 3. The minimum absolute atomic E-state index is 0.138. The van der Waals surface area contributed by atoms with Crippen molar-refractivity contribution >= 4 is 5.91 Å². The van der Waals surface area contributed by atoms with Gasteiger partial charge in [0.15, 0.2) is 0 Å². The van der Waals surface area contributed by atoms with Gasteiger partial charge in [-0.2, -0.15) is 0 Å². The van der Waals surface area contributed by atoms with Crippen molar-refractivity contribution in [2.75, 3.05) is 13.1 Å². The Morgan fingerprint density at radius 3 is 2.91 bits per heavy atom. The number of amides is 1. The Kier molecular flexibility index (Phi) is 4.28. The molecule has 0 saturated carbocycles. The summed E-state index contributed by atoms with van der Waals surface area (Å²) in [6, 6.07) is 9.77. The van der Waals surface area contributed by atoms with Crippen molar-refractivity contribution in [1.29, 1.82) is 0 Å². The van der Waals surface area contributed by atoms with E-state index in [0.29, 0.717) is 30.3 Å². The molecule has 3 rings (SSSR count). The SMILES string of the molecule is Cc1cc(CC2CCN(C(=O)c3cccc(=O)[nH]3)C2)ccc1F. The predicted molar refractivity (Wildman–Crippen MR) is 85.9 cm³/mol. The number of hydrogen-bond acceptors (Lipinski definition) is 2. The lowest BCUT2D eigenvalue weighted by molar-refractivity contribution is 0.0781. The molecule has 1 fully saturated rings. The van der Waals surface area contributed by atoms with Gasteiger partial charge in [-0.25, -0.2) is 4.39 Å². The van der Waals surface area contributed by atoms with Crippen LogP contribution in [0.15, 0.2) is 41.2 Å². The average Bonchev–Trinajstić information content (AvgIpc) is 2.99. The molecule has 1 aromatic heterocycles. The van der Waals surface area contributed by atoms with E-state index >= 15 is 0 Å². The number of hydrogen-bond donors (Lipinski definition) is 1. The molecule has 1 aliphatic heterocycles. The van der Waals surface area contributed by atoms with Crippen LogP contribution < -0.4 is 5.56 Å². The van der Waals surface area contributed by atoms with Crippen LogP contribution in [-0.2, 0) is 6.42 Å².